The van der Waals surface area contributed by atoms with Gasteiger partial charge in [-0.25, -0.2) is 0 Å². The van der Waals surface area contributed by atoms with Gasteiger partial charge in [-0.3, -0.25) is 4.79 Å². The number of rotatable bonds is 6. The zero-order valence-electron chi connectivity index (χ0n) is 15.7. The number of ether oxygens (including phenoxy) is 2. The van der Waals surface area contributed by atoms with E-state index in [4.69, 9.17) is 9.47 Å². The number of nitriles is 1. The number of amides is 1. The fraction of sp³-hybridized carbons (Fsp3) is 0.130. The molecule has 3 rings (SSSR count). The molecule has 0 aromatic heterocycles. The molecular weight excluding hydrogens is 352 g/mol. The van der Waals surface area contributed by atoms with Crippen LogP contribution in [0.15, 0.2) is 66.2 Å². The zero-order valence-corrected chi connectivity index (χ0v) is 15.7. The van der Waals surface area contributed by atoms with Crippen molar-refractivity contribution in [2.24, 2.45) is 0 Å². The van der Waals surface area contributed by atoms with E-state index in [9.17, 15) is 10.1 Å². The maximum atomic E-state index is 12.5. The normalized spacial score (nSPS) is 11.0. The summed E-state index contributed by atoms with van der Waals surface area (Å²) in [5, 5.41) is 14.2. The van der Waals surface area contributed by atoms with Gasteiger partial charge in [0.1, 0.15) is 23.1 Å². The van der Waals surface area contributed by atoms with E-state index < -0.39 is 5.91 Å². The van der Waals surface area contributed by atoms with Gasteiger partial charge in [-0.15, -0.1) is 0 Å². The zero-order chi connectivity index (χ0) is 19.9. The van der Waals surface area contributed by atoms with Gasteiger partial charge >= 0.3 is 0 Å². The number of methoxy groups -OCH3 is 1. The molecule has 0 saturated carbocycles. The highest BCUT2D eigenvalue weighted by atomic mass is 16.5. The van der Waals surface area contributed by atoms with E-state index in [0.29, 0.717) is 12.3 Å². The van der Waals surface area contributed by atoms with Crippen LogP contribution in [0.25, 0.3) is 16.8 Å². The van der Waals surface area contributed by atoms with Crippen molar-refractivity contribution >= 4 is 28.4 Å². The molecule has 0 fully saturated rings. The van der Waals surface area contributed by atoms with Crippen LogP contribution in [0.2, 0.25) is 0 Å². The molecule has 0 bridgehead atoms. The number of nitrogens with one attached hydrogen (secondary N) is 1. The maximum absolute atomic E-state index is 12.5. The monoisotopic (exact) mass is 372 g/mol. The highest BCUT2D eigenvalue weighted by Crippen LogP contribution is 2.23. The fourth-order valence-electron chi connectivity index (χ4n) is 2.77. The van der Waals surface area contributed by atoms with Crippen LogP contribution in [0.5, 0.6) is 11.5 Å². The van der Waals surface area contributed by atoms with E-state index in [1.54, 1.807) is 37.5 Å². The van der Waals surface area contributed by atoms with Crippen LogP contribution in [0.1, 0.15) is 12.5 Å². The lowest BCUT2D eigenvalue weighted by Crippen LogP contribution is -2.13. The topological polar surface area (TPSA) is 71.3 Å². The fourth-order valence-corrected chi connectivity index (χ4v) is 2.77. The van der Waals surface area contributed by atoms with Gasteiger partial charge in [-0.05, 0) is 71.8 Å². The van der Waals surface area contributed by atoms with E-state index >= 15 is 0 Å². The Morgan fingerprint density at radius 2 is 1.71 bits per heavy atom. The van der Waals surface area contributed by atoms with Crippen LogP contribution >= 0.6 is 0 Å². The standard InChI is InChI=1S/C23H20N2O3/c1-3-28-21-10-7-20(8-11-21)25-23(26)19(15-24)13-16-4-5-18-14-22(27-2)9-6-17(18)12-16/h4-14H,3H2,1-2H3,(H,25,26)/b19-13+. The van der Waals surface area contributed by atoms with Crippen LogP contribution in [-0.2, 0) is 4.79 Å². The predicted octanol–water partition coefficient (Wildman–Crippen LogP) is 4.79. The summed E-state index contributed by atoms with van der Waals surface area (Å²) < 4.78 is 10.6. The third-order valence-corrected chi connectivity index (χ3v) is 4.17. The lowest BCUT2D eigenvalue weighted by atomic mass is 10.0. The van der Waals surface area contributed by atoms with Gasteiger partial charge in [0.25, 0.3) is 5.91 Å². The molecule has 0 atom stereocenters. The maximum Gasteiger partial charge on any atom is 0.266 e. The van der Waals surface area contributed by atoms with Crippen LogP contribution in [0.4, 0.5) is 5.69 Å². The molecule has 0 aliphatic carbocycles. The van der Waals surface area contributed by atoms with Crippen molar-refractivity contribution in [2.75, 3.05) is 19.0 Å². The number of hydrogen-bond acceptors (Lipinski definition) is 4. The van der Waals surface area contributed by atoms with Gasteiger partial charge in [-0.2, -0.15) is 5.26 Å². The Labute approximate surface area is 163 Å². The summed E-state index contributed by atoms with van der Waals surface area (Å²) in [6, 6.07) is 20.5. The van der Waals surface area contributed by atoms with Gasteiger partial charge < -0.3 is 14.8 Å². The number of anilines is 1. The summed E-state index contributed by atoms with van der Waals surface area (Å²) in [7, 11) is 1.63. The highest BCUT2D eigenvalue weighted by Gasteiger charge is 2.10. The van der Waals surface area contributed by atoms with Crippen molar-refractivity contribution in [2.45, 2.75) is 6.92 Å². The number of hydrogen-bond donors (Lipinski definition) is 1. The first-order chi connectivity index (χ1) is 13.6. The molecular formula is C23H20N2O3. The molecule has 5 heteroatoms. The summed E-state index contributed by atoms with van der Waals surface area (Å²) in [5.74, 6) is 1.05. The van der Waals surface area contributed by atoms with Crippen LogP contribution in [0.3, 0.4) is 0 Å². The Morgan fingerprint density at radius 1 is 1.04 bits per heavy atom. The Morgan fingerprint density at radius 3 is 2.39 bits per heavy atom. The van der Waals surface area contributed by atoms with Crippen LogP contribution in [0, 0.1) is 11.3 Å². The van der Waals surface area contributed by atoms with Gasteiger partial charge in [0.2, 0.25) is 0 Å². The average molecular weight is 372 g/mol. The Kier molecular flexibility index (Phi) is 5.93. The highest BCUT2D eigenvalue weighted by molar-refractivity contribution is 6.09. The quantitative estimate of drug-likeness (QED) is 0.499. The van der Waals surface area contributed by atoms with Crippen molar-refractivity contribution in [1.29, 1.82) is 5.26 Å². The molecule has 140 valence electrons. The second kappa shape index (κ2) is 8.74. The molecule has 1 N–H and O–H groups in total. The molecule has 5 nitrogen and oxygen atoms in total. The summed E-state index contributed by atoms with van der Waals surface area (Å²) in [5.41, 5.74) is 1.40. The van der Waals surface area contributed by atoms with E-state index in [2.05, 4.69) is 5.32 Å². The number of nitrogens with zero attached hydrogens (tertiary/aromatic N) is 1. The lowest BCUT2D eigenvalue weighted by molar-refractivity contribution is -0.112. The van der Waals surface area contributed by atoms with Gasteiger partial charge in [0, 0.05) is 5.69 Å². The predicted molar refractivity (Wildman–Crippen MR) is 110 cm³/mol. The molecule has 0 heterocycles. The summed E-state index contributed by atoms with van der Waals surface area (Å²) >= 11 is 0. The average Bonchev–Trinajstić information content (AvgIpc) is 2.73. The number of carbonyl (C=O) groups is 1. The third kappa shape index (κ3) is 4.49. The van der Waals surface area contributed by atoms with Crippen molar-refractivity contribution in [3.63, 3.8) is 0 Å². The van der Waals surface area contributed by atoms with Gasteiger partial charge in [0.15, 0.2) is 0 Å². The second-order valence-corrected chi connectivity index (χ2v) is 6.05. The van der Waals surface area contributed by atoms with Crippen molar-refractivity contribution in [1.82, 2.24) is 0 Å². The van der Waals surface area contributed by atoms with Crippen LogP contribution < -0.4 is 14.8 Å². The first-order valence-electron chi connectivity index (χ1n) is 8.86. The molecule has 0 unspecified atom stereocenters. The van der Waals surface area contributed by atoms with Crippen molar-refractivity contribution in [3.05, 3.63) is 71.8 Å². The number of fused-ring (bicyclic) bond motifs is 1. The number of carbonyl (C=O) groups excluding carboxylic acids is 1. The van der Waals surface area contributed by atoms with E-state index in [1.807, 2.05) is 49.4 Å². The largest absolute Gasteiger partial charge is 0.497 e. The molecule has 3 aromatic carbocycles. The van der Waals surface area contributed by atoms with Crippen LogP contribution in [-0.4, -0.2) is 19.6 Å². The van der Waals surface area contributed by atoms with E-state index in [1.165, 1.54) is 0 Å². The molecule has 0 saturated heterocycles. The molecule has 0 aliphatic heterocycles. The second-order valence-electron chi connectivity index (χ2n) is 6.05. The van der Waals surface area contributed by atoms with Crippen molar-refractivity contribution in [3.8, 4) is 17.6 Å². The van der Waals surface area contributed by atoms with Gasteiger partial charge in [0.05, 0.1) is 13.7 Å². The minimum absolute atomic E-state index is 0.0294. The molecule has 0 spiro atoms. The third-order valence-electron chi connectivity index (χ3n) is 4.17. The Balaban J connectivity index is 1.79. The molecule has 3 aromatic rings. The lowest BCUT2D eigenvalue weighted by Gasteiger charge is -2.07. The minimum Gasteiger partial charge on any atom is -0.497 e. The SMILES string of the molecule is CCOc1ccc(NC(=O)/C(C#N)=C/c2ccc3cc(OC)ccc3c2)cc1. The molecule has 0 aliphatic rings. The Hall–Kier alpha value is -3.78. The Bertz CT molecular complexity index is 1060. The number of benzene rings is 3. The van der Waals surface area contributed by atoms with E-state index in [0.717, 1.165) is 27.8 Å². The molecule has 0 radical (unpaired) electrons. The first kappa shape index (κ1) is 19.0. The summed E-state index contributed by atoms with van der Waals surface area (Å²) in [6.45, 7) is 2.48. The smallest absolute Gasteiger partial charge is 0.266 e. The minimum atomic E-state index is -0.457. The molecule has 28 heavy (non-hydrogen) atoms. The van der Waals surface area contributed by atoms with Gasteiger partial charge in [-0.1, -0.05) is 18.2 Å². The summed E-state index contributed by atoms with van der Waals surface area (Å²) in [6.07, 6.45) is 1.58. The van der Waals surface area contributed by atoms with Crippen molar-refractivity contribution < 1.29 is 14.3 Å². The van der Waals surface area contributed by atoms with E-state index in [-0.39, 0.29) is 5.57 Å². The first-order valence-corrected chi connectivity index (χ1v) is 8.86. The summed E-state index contributed by atoms with van der Waals surface area (Å²) in [4.78, 5) is 12.5. The molecule has 1 amide bonds.